The summed E-state index contributed by atoms with van der Waals surface area (Å²) < 4.78 is 5.76. The van der Waals surface area contributed by atoms with Crippen LogP contribution in [0.25, 0.3) is 6.08 Å². The van der Waals surface area contributed by atoms with Gasteiger partial charge < -0.3 is 20.7 Å². The number of hydrogen-bond donors (Lipinski definition) is 3. The monoisotopic (exact) mass is 323 g/mol. The lowest BCUT2D eigenvalue weighted by Crippen LogP contribution is -2.14. The molecular formula is C19H21N3O2. The van der Waals surface area contributed by atoms with Crippen molar-refractivity contribution in [2.24, 2.45) is 0 Å². The van der Waals surface area contributed by atoms with Crippen LogP contribution in [-0.4, -0.2) is 27.1 Å². The first-order valence-electron chi connectivity index (χ1n) is 7.87. The molecule has 5 heteroatoms. The number of hydrogen-bond acceptors (Lipinski definition) is 5. The molecule has 3 N–H and O–H groups in total. The maximum absolute atomic E-state index is 12.8. The van der Waals surface area contributed by atoms with E-state index < -0.39 is 0 Å². The molecule has 1 aliphatic rings. The van der Waals surface area contributed by atoms with Gasteiger partial charge in [0.25, 0.3) is 0 Å². The van der Waals surface area contributed by atoms with Crippen LogP contribution < -0.4 is 16.0 Å². The minimum atomic E-state index is -0.363. The minimum Gasteiger partial charge on any atom is -0.449 e. The first kappa shape index (κ1) is 15.9. The Hall–Kier alpha value is -2.95. The van der Waals surface area contributed by atoms with Gasteiger partial charge >= 0.3 is 5.97 Å². The summed E-state index contributed by atoms with van der Waals surface area (Å²) in [4.78, 5) is 12.8. The second kappa shape index (κ2) is 6.66. The number of carbonyl (C=O) groups excluding carboxylic acids is 1. The number of ether oxygens (including phenoxy) is 1. The van der Waals surface area contributed by atoms with Crippen molar-refractivity contribution in [3.63, 3.8) is 0 Å². The number of nitrogens with one attached hydrogen (secondary N) is 3. The van der Waals surface area contributed by atoms with E-state index in [-0.39, 0.29) is 12.1 Å². The van der Waals surface area contributed by atoms with E-state index in [0.29, 0.717) is 16.9 Å². The first-order valence-corrected chi connectivity index (χ1v) is 7.87. The Labute approximate surface area is 141 Å². The molecule has 0 radical (unpaired) electrons. The summed E-state index contributed by atoms with van der Waals surface area (Å²) in [5.41, 5.74) is 4.93. The average Bonchev–Trinajstić information content (AvgIpc) is 3.03. The summed E-state index contributed by atoms with van der Waals surface area (Å²) >= 11 is 0. The lowest BCUT2D eigenvalue weighted by Gasteiger charge is -2.18. The van der Waals surface area contributed by atoms with E-state index in [9.17, 15) is 4.79 Å². The molecule has 0 bridgehead atoms. The number of fused-ring (bicyclic) bond motifs is 1. The molecule has 1 aliphatic carbocycles. The fourth-order valence-electron chi connectivity index (χ4n) is 2.89. The fourth-order valence-corrected chi connectivity index (χ4v) is 2.89. The van der Waals surface area contributed by atoms with Gasteiger partial charge in [0.2, 0.25) is 0 Å². The zero-order valence-electron chi connectivity index (χ0n) is 14.0. The Bertz CT molecular complexity index is 774. The maximum atomic E-state index is 12.8. The summed E-state index contributed by atoms with van der Waals surface area (Å²) in [5, 5.41) is 9.23. The van der Waals surface area contributed by atoms with E-state index in [4.69, 9.17) is 4.74 Å². The Morgan fingerprint density at radius 3 is 2.29 bits per heavy atom. The number of rotatable bonds is 5. The normalized spacial score (nSPS) is 14.9. The van der Waals surface area contributed by atoms with Crippen molar-refractivity contribution in [2.45, 2.75) is 6.10 Å². The molecule has 0 amide bonds. The Morgan fingerprint density at radius 2 is 1.67 bits per heavy atom. The van der Waals surface area contributed by atoms with Crippen LogP contribution in [0.3, 0.4) is 0 Å². The fraction of sp³-hybridized carbons (Fsp3) is 0.211. The Kier molecular flexibility index (Phi) is 4.42. The van der Waals surface area contributed by atoms with Crippen LogP contribution in [0.15, 0.2) is 42.5 Å². The largest absolute Gasteiger partial charge is 0.449 e. The van der Waals surface area contributed by atoms with Crippen molar-refractivity contribution in [3.05, 3.63) is 59.2 Å². The molecule has 5 nitrogen and oxygen atoms in total. The number of benzene rings is 2. The number of esters is 1. The lowest BCUT2D eigenvalue weighted by molar-refractivity contribution is 0.0399. The molecule has 3 rings (SSSR count). The van der Waals surface area contributed by atoms with E-state index in [1.165, 1.54) is 0 Å². The molecule has 0 aliphatic heterocycles. The molecule has 0 aromatic heterocycles. The highest BCUT2D eigenvalue weighted by molar-refractivity contribution is 6.03. The molecule has 1 unspecified atom stereocenters. The van der Waals surface area contributed by atoms with Crippen molar-refractivity contribution >= 4 is 29.1 Å². The summed E-state index contributed by atoms with van der Waals surface area (Å²) in [7, 11) is 5.41. The molecule has 0 spiro atoms. The van der Waals surface area contributed by atoms with E-state index >= 15 is 0 Å². The third kappa shape index (κ3) is 2.80. The van der Waals surface area contributed by atoms with E-state index in [0.717, 1.165) is 16.8 Å². The van der Waals surface area contributed by atoms with Gasteiger partial charge in [-0.15, -0.1) is 0 Å². The molecule has 0 saturated carbocycles. The highest BCUT2D eigenvalue weighted by atomic mass is 16.5. The summed E-state index contributed by atoms with van der Waals surface area (Å²) in [6.07, 6.45) is 3.53. The van der Waals surface area contributed by atoms with Crippen LogP contribution in [0.4, 0.5) is 17.1 Å². The Balaban J connectivity index is 1.92. The maximum Gasteiger partial charge on any atom is 0.343 e. The minimum absolute atomic E-state index is 0.355. The lowest BCUT2D eigenvalue weighted by atomic mass is 10.1. The van der Waals surface area contributed by atoms with Gasteiger partial charge in [-0.2, -0.15) is 0 Å². The average molecular weight is 323 g/mol. The topological polar surface area (TPSA) is 62.4 Å². The Morgan fingerprint density at radius 1 is 1.00 bits per heavy atom. The highest BCUT2D eigenvalue weighted by Gasteiger charge is 2.25. The predicted octanol–water partition coefficient (Wildman–Crippen LogP) is 3.74. The van der Waals surface area contributed by atoms with Gasteiger partial charge in [-0.05, 0) is 23.8 Å². The van der Waals surface area contributed by atoms with Gasteiger partial charge in [-0.3, -0.25) is 0 Å². The summed E-state index contributed by atoms with van der Waals surface area (Å²) in [6.45, 7) is 0. The molecular weight excluding hydrogens is 302 g/mol. The molecule has 0 heterocycles. The van der Waals surface area contributed by atoms with Crippen molar-refractivity contribution in [1.82, 2.24) is 0 Å². The number of anilines is 3. The molecule has 2 aromatic rings. The molecule has 2 aromatic carbocycles. The highest BCUT2D eigenvalue weighted by Crippen LogP contribution is 2.34. The third-order valence-electron chi connectivity index (χ3n) is 4.16. The van der Waals surface area contributed by atoms with Gasteiger partial charge in [-0.1, -0.05) is 30.3 Å². The standard InChI is InChI=1S/C19H21N3O2/c1-20-13-10-15(21-2)18(16(11-13)22-3)19(23)24-17-9-8-12-6-4-5-7-14(12)17/h4-11,17,20-22H,1-3H3. The molecule has 0 saturated heterocycles. The molecule has 124 valence electrons. The zero-order valence-corrected chi connectivity index (χ0v) is 14.0. The van der Waals surface area contributed by atoms with Crippen LogP contribution in [0.1, 0.15) is 27.6 Å². The van der Waals surface area contributed by atoms with Crippen molar-refractivity contribution < 1.29 is 9.53 Å². The van der Waals surface area contributed by atoms with E-state index in [2.05, 4.69) is 16.0 Å². The van der Waals surface area contributed by atoms with Gasteiger partial charge in [0.05, 0.1) is 11.4 Å². The zero-order chi connectivity index (χ0) is 17.1. The predicted molar refractivity (Wildman–Crippen MR) is 98.7 cm³/mol. The van der Waals surface area contributed by atoms with Gasteiger partial charge in [-0.25, -0.2) is 4.79 Å². The van der Waals surface area contributed by atoms with Gasteiger partial charge in [0.15, 0.2) is 0 Å². The van der Waals surface area contributed by atoms with Crippen LogP contribution in [-0.2, 0) is 4.74 Å². The van der Waals surface area contributed by atoms with Crippen LogP contribution in [0.2, 0.25) is 0 Å². The second-order valence-electron chi connectivity index (χ2n) is 5.51. The van der Waals surface area contributed by atoms with Crippen LogP contribution in [0.5, 0.6) is 0 Å². The van der Waals surface area contributed by atoms with Crippen molar-refractivity contribution in [2.75, 3.05) is 37.1 Å². The quantitative estimate of drug-likeness (QED) is 0.732. The SMILES string of the molecule is CNc1cc(NC)c(C(=O)OC2C=Cc3ccccc32)c(NC)c1. The van der Waals surface area contributed by atoms with Crippen LogP contribution in [0, 0.1) is 0 Å². The third-order valence-corrected chi connectivity index (χ3v) is 4.16. The molecule has 24 heavy (non-hydrogen) atoms. The number of carbonyl (C=O) groups is 1. The van der Waals surface area contributed by atoms with Crippen molar-refractivity contribution in [3.8, 4) is 0 Å². The first-order chi connectivity index (χ1) is 11.7. The molecule has 0 fully saturated rings. The van der Waals surface area contributed by atoms with E-state index in [1.54, 1.807) is 14.1 Å². The van der Waals surface area contributed by atoms with Gasteiger partial charge in [0, 0.05) is 32.4 Å². The molecule has 1 atom stereocenters. The summed E-state index contributed by atoms with van der Waals surface area (Å²) in [6, 6.07) is 11.7. The van der Waals surface area contributed by atoms with Gasteiger partial charge in [0.1, 0.15) is 11.7 Å². The second-order valence-corrected chi connectivity index (χ2v) is 5.51. The van der Waals surface area contributed by atoms with Crippen molar-refractivity contribution in [1.29, 1.82) is 0 Å². The smallest absolute Gasteiger partial charge is 0.343 e. The van der Waals surface area contributed by atoms with Crippen LogP contribution >= 0.6 is 0 Å². The van der Waals surface area contributed by atoms with E-state index in [1.807, 2.05) is 55.6 Å². The summed E-state index contributed by atoms with van der Waals surface area (Å²) in [5.74, 6) is -0.363.